The van der Waals surface area contributed by atoms with Crippen LogP contribution in [0.5, 0.6) is 0 Å². The molecule has 0 saturated carbocycles. The number of amides is 1. The van der Waals surface area contributed by atoms with Crippen LogP contribution < -0.4 is 5.32 Å². The van der Waals surface area contributed by atoms with Gasteiger partial charge in [-0.15, -0.1) is 0 Å². The van der Waals surface area contributed by atoms with Crippen molar-refractivity contribution >= 4 is 28.5 Å². The van der Waals surface area contributed by atoms with Gasteiger partial charge in [-0.25, -0.2) is 0 Å². The smallest absolute Gasteiger partial charge is 0.316 e. The van der Waals surface area contributed by atoms with Gasteiger partial charge in [0.15, 0.2) is 5.76 Å². The van der Waals surface area contributed by atoms with Crippen molar-refractivity contribution in [2.24, 2.45) is 0 Å². The Bertz CT molecular complexity index is 1100. The van der Waals surface area contributed by atoms with Crippen LogP contribution in [0.1, 0.15) is 21.8 Å². The molecular weight excluding hydrogens is 354 g/mol. The SMILES string of the molecule is Cc1c(-c2noc(C(=O)NCc3ccccc3Cl)n2)oc2ccccc12. The molecule has 0 aliphatic heterocycles. The van der Waals surface area contributed by atoms with Crippen molar-refractivity contribution in [2.75, 3.05) is 0 Å². The number of hydrogen-bond acceptors (Lipinski definition) is 5. The highest BCUT2D eigenvalue weighted by Gasteiger charge is 2.21. The standard InChI is InChI=1S/C19H14ClN3O3/c1-11-13-7-3-5-9-15(13)25-16(11)17-22-19(26-23-17)18(24)21-10-12-6-2-4-8-14(12)20/h2-9H,10H2,1H3,(H,21,24). The van der Waals surface area contributed by atoms with E-state index in [1.807, 2.05) is 49.4 Å². The first-order chi connectivity index (χ1) is 12.6. The Kier molecular flexibility index (Phi) is 4.18. The summed E-state index contributed by atoms with van der Waals surface area (Å²) in [5.74, 6) is 0.117. The predicted octanol–water partition coefficient (Wildman–Crippen LogP) is 4.37. The molecule has 0 saturated heterocycles. The van der Waals surface area contributed by atoms with Crippen molar-refractivity contribution in [1.29, 1.82) is 0 Å². The van der Waals surface area contributed by atoms with Gasteiger partial charge in [-0.2, -0.15) is 4.98 Å². The molecule has 0 unspecified atom stereocenters. The third kappa shape index (κ3) is 2.95. The zero-order chi connectivity index (χ0) is 18.1. The largest absolute Gasteiger partial charge is 0.452 e. The highest BCUT2D eigenvalue weighted by molar-refractivity contribution is 6.31. The van der Waals surface area contributed by atoms with Gasteiger partial charge in [-0.05, 0) is 24.6 Å². The second kappa shape index (κ2) is 6.65. The molecule has 4 aromatic rings. The lowest BCUT2D eigenvalue weighted by molar-refractivity contribution is 0.0907. The number of fused-ring (bicyclic) bond motifs is 1. The van der Waals surface area contributed by atoms with Crippen molar-refractivity contribution in [3.63, 3.8) is 0 Å². The van der Waals surface area contributed by atoms with E-state index in [4.69, 9.17) is 20.5 Å². The lowest BCUT2D eigenvalue weighted by atomic mass is 10.1. The van der Waals surface area contributed by atoms with E-state index in [-0.39, 0.29) is 18.3 Å². The number of aromatic nitrogens is 2. The third-order valence-electron chi connectivity index (χ3n) is 4.06. The predicted molar refractivity (Wildman–Crippen MR) is 96.9 cm³/mol. The minimum atomic E-state index is -0.475. The molecule has 0 atom stereocenters. The summed E-state index contributed by atoms with van der Waals surface area (Å²) in [7, 11) is 0. The topological polar surface area (TPSA) is 81.2 Å². The molecule has 0 bridgehead atoms. The third-order valence-corrected chi connectivity index (χ3v) is 4.43. The number of para-hydroxylation sites is 1. The van der Waals surface area contributed by atoms with E-state index in [9.17, 15) is 4.79 Å². The zero-order valence-electron chi connectivity index (χ0n) is 13.8. The van der Waals surface area contributed by atoms with Crippen LogP contribution in [0, 0.1) is 6.92 Å². The molecule has 7 heteroatoms. The summed E-state index contributed by atoms with van der Waals surface area (Å²) in [6.07, 6.45) is 0. The number of rotatable bonds is 4. The molecule has 0 fully saturated rings. The first kappa shape index (κ1) is 16.4. The number of aryl methyl sites for hydroxylation is 1. The minimum absolute atomic E-state index is 0.132. The minimum Gasteiger partial charge on any atom is -0.452 e. The normalized spacial score (nSPS) is 11.0. The summed E-state index contributed by atoms with van der Waals surface area (Å²) in [6, 6.07) is 14.9. The molecule has 1 amide bonds. The number of nitrogens with zero attached hydrogens (tertiary/aromatic N) is 2. The van der Waals surface area contributed by atoms with Gasteiger partial charge in [-0.1, -0.05) is 53.2 Å². The molecule has 0 spiro atoms. The molecule has 2 aromatic carbocycles. The van der Waals surface area contributed by atoms with E-state index in [1.54, 1.807) is 6.07 Å². The lowest BCUT2D eigenvalue weighted by Gasteiger charge is -2.04. The van der Waals surface area contributed by atoms with E-state index >= 15 is 0 Å². The Morgan fingerprint density at radius 3 is 2.73 bits per heavy atom. The van der Waals surface area contributed by atoms with Gasteiger partial charge in [0.2, 0.25) is 5.82 Å². The van der Waals surface area contributed by atoms with E-state index in [0.29, 0.717) is 10.8 Å². The average molecular weight is 368 g/mol. The van der Waals surface area contributed by atoms with Crippen molar-refractivity contribution in [1.82, 2.24) is 15.5 Å². The molecule has 4 rings (SSSR count). The Hall–Kier alpha value is -3.12. The number of carbonyl (C=O) groups is 1. The quantitative estimate of drug-likeness (QED) is 0.579. The van der Waals surface area contributed by atoms with Crippen molar-refractivity contribution in [3.05, 3.63) is 70.6 Å². The van der Waals surface area contributed by atoms with Crippen LogP contribution in [-0.2, 0) is 6.54 Å². The number of halogens is 1. The van der Waals surface area contributed by atoms with E-state index in [2.05, 4.69) is 15.5 Å². The van der Waals surface area contributed by atoms with E-state index in [0.717, 1.165) is 22.1 Å². The summed E-state index contributed by atoms with van der Waals surface area (Å²) < 4.78 is 10.9. The number of furan rings is 1. The molecule has 130 valence electrons. The van der Waals surface area contributed by atoms with E-state index in [1.165, 1.54) is 0 Å². The summed E-state index contributed by atoms with van der Waals surface area (Å²) in [5.41, 5.74) is 2.43. The van der Waals surface area contributed by atoms with Gasteiger partial charge in [0, 0.05) is 22.5 Å². The summed E-state index contributed by atoms with van der Waals surface area (Å²) in [5, 5.41) is 8.13. The Morgan fingerprint density at radius 2 is 1.92 bits per heavy atom. The van der Waals surface area contributed by atoms with Gasteiger partial charge in [0.25, 0.3) is 0 Å². The maximum Gasteiger partial charge on any atom is 0.316 e. The van der Waals surface area contributed by atoms with Crippen LogP contribution >= 0.6 is 11.6 Å². The van der Waals surface area contributed by atoms with Crippen LogP contribution in [0.2, 0.25) is 5.02 Å². The fourth-order valence-electron chi connectivity index (χ4n) is 2.69. The number of hydrogen-bond donors (Lipinski definition) is 1. The van der Waals surface area contributed by atoms with E-state index < -0.39 is 5.91 Å². The van der Waals surface area contributed by atoms with Crippen LogP contribution in [-0.4, -0.2) is 16.0 Å². The highest BCUT2D eigenvalue weighted by Crippen LogP contribution is 2.31. The van der Waals surface area contributed by atoms with Crippen LogP contribution in [0.25, 0.3) is 22.6 Å². The average Bonchev–Trinajstić information content (AvgIpc) is 3.26. The molecule has 1 N–H and O–H groups in total. The van der Waals surface area contributed by atoms with Gasteiger partial charge in [-0.3, -0.25) is 4.79 Å². The highest BCUT2D eigenvalue weighted by atomic mass is 35.5. The van der Waals surface area contributed by atoms with Crippen LogP contribution in [0.3, 0.4) is 0 Å². The van der Waals surface area contributed by atoms with Crippen molar-refractivity contribution in [3.8, 4) is 11.6 Å². The maximum absolute atomic E-state index is 12.2. The number of benzene rings is 2. The monoisotopic (exact) mass is 367 g/mol. The zero-order valence-corrected chi connectivity index (χ0v) is 14.6. The van der Waals surface area contributed by atoms with Gasteiger partial charge in [0.1, 0.15) is 5.58 Å². The summed E-state index contributed by atoms with van der Waals surface area (Å²) >= 11 is 6.08. The first-order valence-electron chi connectivity index (χ1n) is 7.97. The summed E-state index contributed by atoms with van der Waals surface area (Å²) in [6.45, 7) is 2.18. The van der Waals surface area contributed by atoms with Gasteiger partial charge >= 0.3 is 11.8 Å². The fourth-order valence-corrected chi connectivity index (χ4v) is 2.89. The Labute approximate surface area is 153 Å². The molecule has 0 aliphatic carbocycles. The molecule has 0 aliphatic rings. The Morgan fingerprint density at radius 1 is 1.15 bits per heavy atom. The Balaban J connectivity index is 1.54. The van der Waals surface area contributed by atoms with Crippen LogP contribution in [0.4, 0.5) is 0 Å². The molecule has 6 nitrogen and oxygen atoms in total. The fraction of sp³-hybridized carbons (Fsp3) is 0.105. The maximum atomic E-state index is 12.2. The van der Waals surface area contributed by atoms with Crippen molar-refractivity contribution < 1.29 is 13.7 Å². The molecule has 2 aromatic heterocycles. The molecule has 2 heterocycles. The first-order valence-corrected chi connectivity index (χ1v) is 8.35. The summed E-state index contributed by atoms with van der Waals surface area (Å²) in [4.78, 5) is 16.4. The molecule has 26 heavy (non-hydrogen) atoms. The van der Waals surface area contributed by atoms with Gasteiger partial charge in [0.05, 0.1) is 0 Å². The molecular formula is C19H14ClN3O3. The second-order valence-corrected chi connectivity index (χ2v) is 6.16. The molecule has 0 radical (unpaired) electrons. The second-order valence-electron chi connectivity index (χ2n) is 5.75. The number of carbonyl (C=O) groups excluding carboxylic acids is 1. The lowest BCUT2D eigenvalue weighted by Crippen LogP contribution is -2.23. The van der Waals surface area contributed by atoms with Crippen LogP contribution in [0.15, 0.2) is 57.5 Å². The van der Waals surface area contributed by atoms with Crippen molar-refractivity contribution in [2.45, 2.75) is 13.5 Å². The number of nitrogens with one attached hydrogen (secondary N) is 1. The van der Waals surface area contributed by atoms with Gasteiger partial charge < -0.3 is 14.3 Å².